The number of hydrogen-bond acceptors (Lipinski definition) is 3. The smallest absolute Gasteiger partial charge is 0.263 e. The molecule has 102 valence electrons. The zero-order chi connectivity index (χ0) is 13.9. The van der Waals surface area contributed by atoms with Gasteiger partial charge in [-0.25, -0.2) is 8.42 Å². The Hall–Kier alpha value is -1.53. The average molecular weight is 300 g/mol. The van der Waals surface area contributed by atoms with Gasteiger partial charge in [0.15, 0.2) is 5.82 Å². The van der Waals surface area contributed by atoms with Crippen LogP contribution in [0.15, 0.2) is 41.4 Å². The molecule has 0 aliphatic carbocycles. The van der Waals surface area contributed by atoms with Crippen LogP contribution in [0.5, 0.6) is 0 Å². The molecule has 0 bridgehead atoms. The lowest BCUT2D eigenvalue weighted by molar-refractivity contribution is 0.601. The lowest BCUT2D eigenvalue weighted by atomic mass is 10.2. The molecule has 0 amide bonds. The minimum Gasteiger partial charge on any atom is -0.274 e. The van der Waals surface area contributed by atoms with Crippen LogP contribution in [-0.4, -0.2) is 24.1 Å². The molecule has 0 saturated carbocycles. The van der Waals surface area contributed by atoms with Crippen LogP contribution in [0.4, 0.5) is 5.82 Å². The Morgan fingerprint density at radius 3 is 2.47 bits per heavy atom. The molecule has 0 aliphatic heterocycles. The zero-order valence-electron chi connectivity index (χ0n) is 10.4. The predicted octanol–water partition coefficient (Wildman–Crippen LogP) is 2.00. The molecule has 1 N–H and O–H groups in total. The van der Waals surface area contributed by atoms with E-state index in [1.165, 1.54) is 4.68 Å². The van der Waals surface area contributed by atoms with Crippen molar-refractivity contribution in [2.24, 2.45) is 7.05 Å². The van der Waals surface area contributed by atoms with Crippen molar-refractivity contribution in [3.8, 4) is 0 Å². The number of hydrogen-bond donors (Lipinski definition) is 1. The lowest BCUT2D eigenvalue weighted by Crippen LogP contribution is -2.13. The summed E-state index contributed by atoms with van der Waals surface area (Å²) in [6, 6.07) is 8.24. The summed E-state index contributed by atoms with van der Waals surface area (Å²) in [4.78, 5) is 0.205. The number of alkyl halides is 1. The first kappa shape index (κ1) is 13.9. The molecule has 0 atom stereocenters. The first-order valence-electron chi connectivity index (χ1n) is 5.68. The van der Waals surface area contributed by atoms with E-state index in [9.17, 15) is 8.42 Å². The molecule has 0 radical (unpaired) electrons. The summed E-state index contributed by atoms with van der Waals surface area (Å²) in [7, 11) is -1.87. The third-order valence-electron chi connectivity index (χ3n) is 2.57. The number of nitrogens with zero attached hydrogens (tertiary/aromatic N) is 2. The number of anilines is 1. The van der Waals surface area contributed by atoms with Gasteiger partial charge >= 0.3 is 0 Å². The number of nitrogens with one attached hydrogen (secondary N) is 1. The summed E-state index contributed by atoms with van der Waals surface area (Å²) < 4.78 is 28.1. The van der Waals surface area contributed by atoms with Gasteiger partial charge in [-0.1, -0.05) is 12.1 Å². The van der Waals surface area contributed by atoms with Crippen molar-refractivity contribution in [1.29, 1.82) is 0 Å². The van der Waals surface area contributed by atoms with Crippen molar-refractivity contribution >= 4 is 27.4 Å². The molecule has 0 fully saturated rings. The summed E-state index contributed by atoms with van der Waals surface area (Å²) in [5, 5.41) is 3.98. The van der Waals surface area contributed by atoms with Crippen molar-refractivity contribution in [1.82, 2.24) is 9.78 Å². The Morgan fingerprint density at radius 2 is 1.95 bits per heavy atom. The van der Waals surface area contributed by atoms with Gasteiger partial charge in [-0.15, -0.1) is 11.6 Å². The first-order chi connectivity index (χ1) is 9.01. The Labute approximate surface area is 117 Å². The maximum atomic E-state index is 12.1. The minimum absolute atomic E-state index is 0.205. The Morgan fingerprint density at radius 1 is 1.26 bits per heavy atom. The molecule has 7 heteroatoms. The van der Waals surface area contributed by atoms with E-state index in [0.717, 1.165) is 12.0 Å². The van der Waals surface area contributed by atoms with E-state index >= 15 is 0 Å². The summed E-state index contributed by atoms with van der Waals surface area (Å²) in [5.41, 5.74) is 1.01. The monoisotopic (exact) mass is 299 g/mol. The van der Waals surface area contributed by atoms with Gasteiger partial charge in [0.25, 0.3) is 10.0 Å². The molecular weight excluding hydrogens is 286 g/mol. The highest BCUT2D eigenvalue weighted by Gasteiger charge is 2.15. The van der Waals surface area contributed by atoms with Crippen LogP contribution in [0.3, 0.4) is 0 Å². The van der Waals surface area contributed by atoms with Crippen LogP contribution in [-0.2, 0) is 23.5 Å². The molecule has 1 aromatic heterocycles. The number of rotatable bonds is 5. The van der Waals surface area contributed by atoms with E-state index in [1.54, 1.807) is 43.6 Å². The van der Waals surface area contributed by atoms with Crippen LogP contribution in [0, 0.1) is 0 Å². The molecule has 19 heavy (non-hydrogen) atoms. The van der Waals surface area contributed by atoms with Gasteiger partial charge < -0.3 is 0 Å². The molecule has 1 aromatic carbocycles. The molecule has 0 spiro atoms. The summed E-state index contributed by atoms with van der Waals surface area (Å²) in [5.74, 6) is 0.811. The van der Waals surface area contributed by atoms with Crippen molar-refractivity contribution < 1.29 is 8.42 Å². The number of sulfonamides is 1. The van der Waals surface area contributed by atoms with E-state index in [1.807, 2.05) is 0 Å². The van der Waals surface area contributed by atoms with Gasteiger partial charge in [0.2, 0.25) is 0 Å². The highest BCUT2D eigenvalue weighted by molar-refractivity contribution is 7.92. The summed E-state index contributed by atoms with van der Waals surface area (Å²) in [6.45, 7) is 0. The van der Waals surface area contributed by atoms with Crippen LogP contribution >= 0.6 is 11.6 Å². The van der Waals surface area contributed by atoms with Crippen molar-refractivity contribution in [2.75, 3.05) is 10.6 Å². The fraction of sp³-hybridized carbons (Fsp3) is 0.250. The third-order valence-corrected chi connectivity index (χ3v) is 4.13. The Bertz CT molecular complexity index is 650. The lowest BCUT2D eigenvalue weighted by Gasteiger charge is -2.06. The Kier molecular flexibility index (Phi) is 4.11. The van der Waals surface area contributed by atoms with E-state index in [2.05, 4.69) is 9.82 Å². The van der Waals surface area contributed by atoms with Crippen molar-refractivity contribution in [3.05, 3.63) is 42.1 Å². The normalized spacial score (nSPS) is 11.5. The largest absolute Gasteiger partial charge is 0.274 e. The zero-order valence-corrected chi connectivity index (χ0v) is 11.9. The van der Waals surface area contributed by atoms with E-state index < -0.39 is 10.0 Å². The number of aryl methyl sites for hydroxylation is 2. The molecular formula is C12H14ClN3O2S. The van der Waals surface area contributed by atoms with Crippen LogP contribution < -0.4 is 4.72 Å². The second kappa shape index (κ2) is 5.63. The summed E-state index contributed by atoms with van der Waals surface area (Å²) in [6.07, 6.45) is 2.39. The molecule has 0 unspecified atom stereocenters. The fourth-order valence-corrected chi connectivity index (χ4v) is 2.83. The quantitative estimate of drug-likeness (QED) is 0.859. The maximum Gasteiger partial charge on any atom is 0.263 e. The first-order valence-corrected chi connectivity index (χ1v) is 7.70. The maximum absolute atomic E-state index is 12.1. The topological polar surface area (TPSA) is 64.0 Å². The molecule has 0 saturated heterocycles. The van der Waals surface area contributed by atoms with Gasteiger partial charge in [-0.05, 0) is 24.1 Å². The predicted molar refractivity (Wildman–Crippen MR) is 74.9 cm³/mol. The number of halogens is 1. The number of benzene rings is 1. The second-order valence-corrected chi connectivity index (χ2v) is 6.12. The highest BCUT2D eigenvalue weighted by atomic mass is 35.5. The molecule has 2 rings (SSSR count). The van der Waals surface area contributed by atoms with Crippen LogP contribution in [0.1, 0.15) is 5.56 Å². The van der Waals surface area contributed by atoms with E-state index in [-0.39, 0.29) is 4.90 Å². The van der Waals surface area contributed by atoms with Gasteiger partial charge in [0.05, 0.1) is 4.90 Å². The van der Waals surface area contributed by atoms with Gasteiger partial charge in [-0.2, -0.15) is 5.10 Å². The third kappa shape index (κ3) is 3.48. The van der Waals surface area contributed by atoms with Crippen LogP contribution in [0.25, 0.3) is 0 Å². The fourth-order valence-electron chi connectivity index (χ4n) is 1.61. The SMILES string of the molecule is Cn1ccc(NS(=O)(=O)c2ccc(CCCl)cc2)n1. The van der Waals surface area contributed by atoms with Crippen molar-refractivity contribution in [3.63, 3.8) is 0 Å². The summed E-state index contributed by atoms with van der Waals surface area (Å²) >= 11 is 5.63. The molecule has 1 heterocycles. The molecule has 2 aromatic rings. The van der Waals surface area contributed by atoms with Gasteiger partial charge in [-0.3, -0.25) is 9.40 Å². The molecule has 0 aliphatic rings. The van der Waals surface area contributed by atoms with E-state index in [4.69, 9.17) is 11.6 Å². The van der Waals surface area contributed by atoms with E-state index in [0.29, 0.717) is 11.7 Å². The minimum atomic E-state index is -3.59. The van der Waals surface area contributed by atoms with Gasteiger partial charge in [0, 0.05) is 25.2 Å². The number of aromatic nitrogens is 2. The second-order valence-electron chi connectivity index (χ2n) is 4.06. The standard InChI is InChI=1S/C12H14ClN3O2S/c1-16-9-7-12(14-16)15-19(17,18)11-4-2-10(3-5-11)6-8-13/h2-5,7,9H,6,8H2,1H3,(H,14,15). The Balaban J connectivity index is 2.19. The van der Waals surface area contributed by atoms with Crippen LogP contribution in [0.2, 0.25) is 0 Å². The van der Waals surface area contributed by atoms with Crippen molar-refractivity contribution in [2.45, 2.75) is 11.3 Å². The van der Waals surface area contributed by atoms with Gasteiger partial charge in [0.1, 0.15) is 0 Å². The highest BCUT2D eigenvalue weighted by Crippen LogP contribution is 2.15. The average Bonchev–Trinajstić information content (AvgIpc) is 2.75. The molecule has 5 nitrogen and oxygen atoms in total.